The molecule has 0 bridgehead atoms. The van der Waals surface area contributed by atoms with Crippen molar-refractivity contribution < 1.29 is 4.74 Å². The molecule has 5 nitrogen and oxygen atoms in total. The fourth-order valence-corrected chi connectivity index (χ4v) is 3.66. The van der Waals surface area contributed by atoms with Gasteiger partial charge in [0.15, 0.2) is 0 Å². The summed E-state index contributed by atoms with van der Waals surface area (Å²) in [7, 11) is 1.68. The number of halogens is 1. The summed E-state index contributed by atoms with van der Waals surface area (Å²) in [4.78, 5) is 0. The Morgan fingerprint density at radius 2 is 2.04 bits per heavy atom. The van der Waals surface area contributed by atoms with E-state index in [0.29, 0.717) is 5.75 Å². The van der Waals surface area contributed by atoms with Crippen molar-refractivity contribution in [3.05, 3.63) is 57.6 Å². The third-order valence-corrected chi connectivity index (χ3v) is 5.31. The van der Waals surface area contributed by atoms with Crippen molar-refractivity contribution in [2.24, 2.45) is 0 Å². The van der Waals surface area contributed by atoms with Crippen molar-refractivity contribution in [1.29, 1.82) is 0 Å². The summed E-state index contributed by atoms with van der Waals surface area (Å²) < 4.78 is 8.24. The molecule has 24 heavy (non-hydrogen) atoms. The third-order valence-electron chi connectivity index (χ3n) is 3.84. The number of nitrogens with zero attached hydrogens (tertiary/aromatic N) is 4. The van der Waals surface area contributed by atoms with Crippen LogP contribution in [-0.2, 0) is 5.75 Å². The number of aryl methyl sites for hydroxylation is 1. The zero-order chi connectivity index (χ0) is 17.1. The van der Waals surface area contributed by atoms with Gasteiger partial charge in [0.2, 0.25) is 5.16 Å². The second kappa shape index (κ2) is 7.36. The van der Waals surface area contributed by atoms with Gasteiger partial charge in [0.25, 0.3) is 0 Å². The zero-order valence-corrected chi connectivity index (χ0v) is 16.1. The Kier molecular flexibility index (Phi) is 5.20. The van der Waals surface area contributed by atoms with Gasteiger partial charge < -0.3 is 4.74 Å². The topological polar surface area (TPSA) is 52.8 Å². The van der Waals surface area contributed by atoms with Crippen molar-refractivity contribution in [2.45, 2.75) is 24.8 Å². The van der Waals surface area contributed by atoms with Crippen LogP contribution < -0.4 is 4.74 Å². The number of methoxy groups -OCH3 is 1. The molecular weight excluding hydrogens is 388 g/mol. The minimum Gasteiger partial charge on any atom is -0.496 e. The molecule has 124 valence electrons. The molecule has 0 saturated heterocycles. The van der Waals surface area contributed by atoms with Gasteiger partial charge in [-0.2, -0.15) is 4.68 Å². The van der Waals surface area contributed by atoms with Gasteiger partial charge in [0.05, 0.1) is 12.8 Å². The van der Waals surface area contributed by atoms with Crippen LogP contribution in [0.25, 0.3) is 5.69 Å². The van der Waals surface area contributed by atoms with Crippen molar-refractivity contribution in [3.63, 3.8) is 0 Å². The lowest BCUT2D eigenvalue weighted by Gasteiger charge is -2.11. The van der Waals surface area contributed by atoms with E-state index in [4.69, 9.17) is 4.74 Å². The molecule has 1 heterocycles. The predicted molar refractivity (Wildman–Crippen MR) is 98.9 cm³/mol. The highest BCUT2D eigenvalue weighted by molar-refractivity contribution is 9.10. The lowest BCUT2D eigenvalue weighted by atomic mass is 10.1. The highest BCUT2D eigenvalue weighted by Crippen LogP contribution is 2.30. The summed E-state index contributed by atoms with van der Waals surface area (Å²) in [6.45, 7) is 4.17. The van der Waals surface area contributed by atoms with Gasteiger partial charge in [-0.25, -0.2) is 0 Å². The average Bonchev–Trinajstić information content (AvgIpc) is 3.04. The molecular formula is C17H17BrN4OS. The lowest BCUT2D eigenvalue weighted by Crippen LogP contribution is -2.02. The van der Waals surface area contributed by atoms with Crippen molar-refractivity contribution in [3.8, 4) is 11.4 Å². The Balaban J connectivity index is 1.87. The maximum atomic E-state index is 5.43. The number of hydrogen-bond acceptors (Lipinski definition) is 5. The third kappa shape index (κ3) is 3.47. The molecule has 0 aliphatic rings. The van der Waals surface area contributed by atoms with Crippen LogP contribution in [0.3, 0.4) is 0 Å². The zero-order valence-electron chi connectivity index (χ0n) is 13.7. The summed E-state index contributed by atoms with van der Waals surface area (Å²) in [6, 6.07) is 12.1. The van der Waals surface area contributed by atoms with Crippen LogP contribution in [0.15, 0.2) is 46.0 Å². The summed E-state index contributed by atoms with van der Waals surface area (Å²) in [6.07, 6.45) is 0. The quantitative estimate of drug-likeness (QED) is 0.591. The van der Waals surface area contributed by atoms with Crippen LogP contribution in [0.5, 0.6) is 5.75 Å². The summed E-state index contributed by atoms with van der Waals surface area (Å²) >= 11 is 5.08. The normalized spacial score (nSPS) is 10.8. The molecule has 0 radical (unpaired) electrons. The molecule has 0 amide bonds. The van der Waals surface area contributed by atoms with Gasteiger partial charge in [-0.1, -0.05) is 39.8 Å². The van der Waals surface area contributed by atoms with E-state index < -0.39 is 0 Å². The molecule has 0 aliphatic heterocycles. The number of hydrogen-bond donors (Lipinski definition) is 0. The minimum atomic E-state index is 0.716. The fraction of sp³-hybridized carbons (Fsp3) is 0.235. The van der Waals surface area contributed by atoms with E-state index in [1.807, 2.05) is 24.3 Å². The first-order chi connectivity index (χ1) is 11.6. The first kappa shape index (κ1) is 17.0. The average molecular weight is 405 g/mol. The number of aromatic nitrogens is 4. The van der Waals surface area contributed by atoms with E-state index in [1.54, 1.807) is 23.6 Å². The second-order valence-corrected chi connectivity index (χ2v) is 7.20. The van der Waals surface area contributed by atoms with Crippen LogP contribution in [0.4, 0.5) is 0 Å². The molecule has 1 aromatic heterocycles. The molecule has 2 aromatic carbocycles. The van der Waals surface area contributed by atoms with E-state index in [2.05, 4.69) is 57.4 Å². The Morgan fingerprint density at radius 3 is 2.83 bits per heavy atom. The molecule has 0 spiro atoms. The van der Waals surface area contributed by atoms with Gasteiger partial charge in [0.1, 0.15) is 5.75 Å². The SMILES string of the molecule is COc1ccc(Br)cc1CSc1nnnn1-c1cccc(C)c1C. The smallest absolute Gasteiger partial charge is 0.214 e. The standard InChI is InChI=1S/C17H17BrN4OS/c1-11-5-4-6-15(12(11)2)22-17(19-20-21-22)24-10-13-9-14(18)7-8-16(13)23-3/h4-9H,10H2,1-3H3. The molecule has 7 heteroatoms. The lowest BCUT2D eigenvalue weighted by molar-refractivity contribution is 0.411. The van der Waals surface area contributed by atoms with Crippen molar-refractivity contribution in [1.82, 2.24) is 20.2 Å². The number of tetrazole rings is 1. The van der Waals surface area contributed by atoms with Crippen molar-refractivity contribution in [2.75, 3.05) is 7.11 Å². The fourth-order valence-electron chi connectivity index (χ4n) is 2.39. The Bertz CT molecular complexity index is 866. The molecule has 0 fully saturated rings. The van der Waals surface area contributed by atoms with Crippen LogP contribution >= 0.6 is 27.7 Å². The Labute approximate surface area is 153 Å². The van der Waals surface area contributed by atoms with Gasteiger partial charge in [-0.3, -0.25) is 0 Å². The minimum absolute atomic E-state index is 0.716. The van der Waals surface area contributed by atoms with Gasteiger partial charge in [-0.15, -0.1) is 5.10 Å². The molecule has 0 N–H and O–H groups in total. The molecule has 0 unspecified atom stereocenters. The second-order valence-electron chi connectivity index (χ2n) is 5.34. The summed E-state index contributed by atoms with van der Waals surface area (Å²) in [5.41, 5.74) is 4.48. The first-order valence-electron chi connectivity index (χ1n) is 7.40. The number of thioether (sulfide) groups is 1. The monoisotopic (exact) mass is 404 g/mol. The number of ether oxygens (including phenoxy) is 1. The predicted octanol–water partition coefficient (Wildman–Crippen LogP) is 4.34. The van der Waals surface area contributed by atoms with Gasteiger partial charge in [-0.05, 0) is 59.7 Å². The highest BCUT2D eigenvalue weighted by atomic mass is 79.9. The summed E-state index contributed by atoms with van der Waals surface area (Å²) in [5, 5.41) is 12.9. The molecule has 3 aromatic rings. The molecule has 3 rings (SSSR count). The van der Waals surface area contributed by atoms with E-state index in [9.17, 15) is 0 Å². The number of benzene rings is 2. The molecule has 0 aliphatic carbocycles. The Morgan fingerprint density at radius 1 is 1.21 bits per heavy atom. The maximum absolute atomic E-state index is 5.43. The van der Waals surface area contributed by atoms with Crippen LogP contribution in [0, 0.1) is 13.8 Å². The Hall–Kier alpha value is -1.86. The van der Waals surface area contributed by atoms with E-state index in [-0.39, 0.29) is 0 Å². The van der Waals surface area contributed by atoms with E-state index in [1.165, 1.54) is 11.1 Å². The van der Waals surface area contributed by atoms with Gasteiger partial charge in [0, 0.05) is 15.8 Å². The largest absolute Gasteiger partial charge is 0.496 e. The van der Waals surface area contributed by atoms with Crippen LogP contribution in [0.1, 0.15) is 16.7 Å². The first-order valence-corrected chi connectivity index (χ1v) is 9.18. The number of rotatable bonds is 5. The van der Waals surface area contributed by atoms with Crippen molar-refractivity contribution >= 4 is 27.7 Å². The highest BCUT2D eigenvalue weighted by Gasteiger charge is 2.13. The molecule has 0 atom stereocenters. The van der Waals surface area contributed by atoms with Gasteiger partial charge >= 0.3 is 0 Å². The molecule has 0 saturated carbocycles. The van der Waals surface area contributed by atoms with E-state index >= 15 is 0 Å². The van der Waals surface area contributed by atoms with Crippen LogP contribution in [-0.4, -0.2) is 27.3 Å². The van der Waals surface area contributed by atoms with Crippen LogP contribution in [0.2, 0.25) is 0 Å². The summed E-state index contributed by atoms with van der Waals surface area (Å²) in [5.74, 6) is 1.57. The maximum Gasteiger partial charge on any atom is 0.214 e. The van der Waals surface area contributed by atoms with E-state index in [0.717, 1.165) is 26.6 Å².